The molecular formula is C18H15N5O6. The molecule has 11 nitrogen and oxygen atoms in total. The fourth-order valence-corrected chi connectivity index (χ4v) is 2.55. The van der Waals surface area contributed by atoms with E-state index in [0.717, 1.165) is 29.3 Å². The van der Waals surface area contributed by atoms with Gasteiger partial charge in [-0.05, 0) is 19.1 Å². The number of rotatable bonds is 6. The Morgan fingerprint density at radius 3 is 2.17 bits per heavy atom. The van der Waals surface area contributed by atoms with Gasteiger partial charge in [0.25, 0.3) is 17.3 Å². The first-order valence-corrected chi connectivity index (χ1v) is 8.33. The summed E-state index contributed by atoms with van der Waals surface area (Å²) in [5.41, 5.74) is 0.514. The lowest BCUT2D eigenvalue weighted by molar-refractivity contribution is -0.394. The van der Waals surface area contributed by atoms with Gasteiger partial charge < -0.3 is 9.32 Å². The standard InChI is InChI=1S/C18H15N5O6/c1-11-3-5-12(6-4-11)17-20-19-16(29-17)10-21(2)18(24)13-7-14(22(25)26)9-15(8-13)23(27)28/h3-9H,10H2,1-2H3. The van der Waals surface area contributed by atoms with Crippen LogP contribution in [0.25, 0.3) is 11.5 Å². The molecule has 3 aromatic rings. The SMILES string of the molecule is Cc1ccc(-c2nnc(CN(C)C(=O)c3cc([N+](=O)[O-])cc([N+](=O)[O-])c3)o2)cc1. The Bertz CT molecular complexity index is 1060. The molecule has 1 aromatic heterocycles. The quantitative estimate of drug-likeness (QED) is 0.455. The minimum atomic E-state index is -0.796. The van der Waals surface area contributed by atoms with E-state index in [9.17, 15) is 25.0 Å². The summed E-state index contributed by atoms with van der Waals surface area (Å²) in [6.07, 6.45) is 0. The van der Waals surface area contributed by atoms with Crippen LogP contribution in [0.5, 0.6) is 0 Å². The molecule has 0 radical (unpaired) electrons. The lowest BCUT2D eigenvalue weighted by atomic mass is 10.1. The molecule has 0 unspecified atom stereocenters. The summed E-state index contributed by atoms with van der Waals surface area (Å²) in [5.74, 6) is -0.227. The van der Waals surface area contributed by atoms with Crippen LogP contribution in [0.1, 0.15) is 21.8 Å². The van der Waals surface area contributed by atoms with E-state index in [1.54, 1.807) is 0 Å². The van der Waals surface area contributed by atoms with Crippen LogP contribution in [-0.4, -0.2) is 37.9 Å². The van der Waals surface area contributed by atoms with Crippen molar-refractivity contribution in [1.29, 1.82) is 0 Å². The molecule has 0 aliphatic heterocycles. The molecule has 0 saturated heterocycles. The van der Waals surface area contributed by atoms with Gasteiger partial charge in [0.1, 0.15) is 0 Å². The number of nitrogens with zero attached hydrogens (tertiary/aromatic N) is 5. The van der Waals surface area contributed by atoms with Gasteiger partial charge in [-0.1, -0.05) is 17.7 Å². The van der Waals surface area contributed by atoms with Crippen molar-refractivity contribution in [2.75, 3.05) is 7.05 Å². The molecule has 0 aliphatic rings. The van der Waals surface area contributed by atoms with Gasteiger partial charge in [0.05, 0.1) is 28.0 Å². The van der Waals surface area contributed by atoms with E-state index in [2.05, 4.69) is 10.2 Å². The summed E-state index contributed by atoms with van der Waals surface area (Å²) >= 11 is 0. The Morgan fingerprint density at radius 1 is 1.03 bits per heavy atom. The van der Waals surface area contributed by atoms with Crippen molar-refractivity contribution in [3.63, 3.8) is 0 Å². The molecule has 0 atom stereocenters. The van der Waals surface area contributed by atoms with Crippen molar-refractivity contribution in [2.24, 2.45) is 0 Å². The van der Waals surface area contributed by atoms with E-state index >= 15 is 0 Å². The van der Waals surface area contributed by atoms with Crippen LogP contribution < -0.4 is 0 Å². The Balaban J connectivity index is 1.80. The first-order valence-electron chi connectivity index (χ1n) is 8.33. The average molecular weight is 397 g/mol. The zero-order valence-electron chi connectivity index (χ0n) is 15.4. The molecule has 148 valence electrons. The molecule has 1 amide bonds. The van der Waals surface area contributed by atoms with Crippen LogP contribution in [-0.2, 0) is 6.54 Å². The maximum absolute atomic E-state index is 12.6. The van der Waals surface area contributed by atoms with Gasteiger partial charge in [-0.25, -0.2) is 0 Å². The highest BCUT2D eigenvalue weighted by Gasteiger charge is 2.23. The van der Waals surface area contributed by atoms with Crippen molar-refractivity contribution < 1.29 is 19.1 Å². The summed E-state index contributed by atoms with van der Waals surface area (Å²) in [6.45, 7) is 1.87. The third kappa shape index (κ3) is 4.40. The lowest BCUT2D eigenvalue weighted by Crippen LogP contribution is -2.26. The Kier molecular flexibility index (Phi) is 5.30. The predicted molar refractivity (Wildman–Crippen MR) is 100 cm³/mol. The lowest BCUT2D eigenvalue weighted by Gasteiger charge is -2.14. The molecular weight excluding hydrogens is 382 g/mol. The molecule has 0 bridgehead atoms. The van der Waals surface area contributed by atoms with Crippen molar-refractivity contribution in [3.8, 4) is 11.5 Å². The number of hydrogen-bond donors (Lipinski definition) is 0. The van der Waals surface area contributed by atoms with E-state index in [0.29, 0.717) is 0 Å². The van der Waals surface area contributed by atoms with Gasteiger partial charge in [-0.3, -0.25) is 25.0 Å². The number of carbonyl (C=O) groups excluding carboxylic acids is 1. The Labute approximate surface area is 163 Å². The average Bonchev–Trinajstić information content (AvgIpc) is 3.15. The third-order valence-corrected chi connectivity index (χ3v) is 4.06. The summed E-state index contributed by atoms with van der Waals surface area (Å²) in [4.78, 5) is 34.2. The molecule has 0 spiro atoms. The number of aromatic nitrogens is 2. The molecule has 29 heavy (non-hydrogen) atoms. The van der Waals surface area contributed by atoms with E-state index in [4.69, 9.17) is 4.42 Å². The van der Waals surface area contributed by atoms with E-state index in [1.807, 2.05) is 31.2 Å². The minimum Gasteiger partial charge on any atom is -0.419 e. The van der Waals surface area contributed by atoms with Gasteiger partial charge in [0, 0.05) is 24.7 Å². The number of nitro groups is 2. The number of non-ortho nitro benzene ring substituents is 2. The van der Waals surface area contributed by atoms with Gasteiger partial charge in [0.2, 0.25) is 11.8 Å². The first-order chi connectivity index (χ1) is 13.7. The Hall–Kier alpha value is -4.15. The monoisotopic (exact) mass is 397 g/mol. The van der Waals surface area contributed by atoms with Crippen LogP contribution >= 0.6 is 0 Å². The van der Waals surface area contributed by atoms with Crippen LogP contribution in [0, 0.1) is 27.2 Å². The van der Waals surface area contributed by atoms with Crippen LogP contribution in [0.15, 0.2) is 46.9 Å². The number of aryl methyl sites for hydroxylation is 1. The second-order valence-electron chi connectivity index (χ2n) is 6.28. The maximum Gasteiger partial charge on any atom is 0.277 e. The van der Waals surface area contributed by atoms with Crippen LogP contribution in [0.3, 0.4) is 0 Å². The van der Waals surface area contributed by atoms with Gasteiger partial charge in [-0.15, -0.1) is 10.2 Å². The predicted octanol–water partition coefficient (Wildman–Crippen LogP) is 3.13. The summed E-state index contributed by atoms with van der Waals surface area (Å²) in [7, 11) is 1.42. The molecule has 0 fully saturated rings. The van der Waals surface area contributed by atoms with Gasteiger partial charge in [-0.2, -0.15) is 0 Å². The first kappa shape index (κ1) is 19.6. The van der Waals surface area contributed by atoms with E-state index in [1.165, 1.54) is 11.9 Å². The van der Waals surface area contributed by atoms with Crippen LogP contribution in [0.4, 0.5) is 11.4 Å². The van der Waals surface area contributed by atoms with Gasteiger partial charge >= 0.3 is 0 Å². The molecule has 3 rings (SSSR count). The number of nitro benzene ring substituents is 2. The maximum atomic E-state index is 12.6. The number of hydrogen-bond acceptors (Lipinski definition) is 8. The number of carbonyl (C=O) groups is 1. The summed E-state index contributed by atoms with van der Waals surface area (Å²) in [6, 6.07) is 10.2. The fraction of sp³-hybridized carbons (Fsp3) is 0.167. The number of benzene rings is 2. The minimum absolute atomic E-state index is 0.0752. The number of amides is 1. The highest BCUT2D eigenvalue weighted by molar-refractivity contribution is 5.95. The molecule has 0 aliphatic carbocycles. The normalized spacial score (nSPS) is 10.6. The highest BCUT2D eigenvalue weighted by atomic mass is 16.6. The zero-order chi connectivity index (χ0) is 21.1. The van der Waals surface area contributed by atoms with E-state index < -0.39 is 27.1 Å². The molecule has 11 heteroatoms. The molecule has 1 heterocycles. The fourth-order valence-electron chi connectivity index (χ4n) is 2.55. The summed E-state index contributed by atoms with van der Waals surface area (Å²) < 4.78 is 5.56. The Morgan fingerprint density at radius 2 is 1.62 bits per heavy atom. The third-order valence-electron chi connectivity index (χ3n) is 4.06. The highest BCUT2D eigenvalue weighted by Crippen LogP contribution is 2.24. The van der Waals surface area contributed by atoms with Crippen molar-refractivity contribution in [2.45, 2.75) is 13.5 Å². The second kappa shape index (κ2) is 7.84. The van der Waals surface area contributed by atoms with Crippen molar-refractivity contribution >= 4 is 17.3 Å². The van der Waals surface area contributed by atoms with Gasteiger partial charge in [0.15, 0.2) is 0 Å². The molecule has 0 N–H and O–H groups in total. The van der Waals surface area contributed by atoms with Crippen molar-refractivity contribution in [3.05, 3.63) is 79.7 Å². The van der Waals surface area contributed by atoms with Crippen LogP contribution in [0.2, 0.25) is 0 Å². The smallest absolute Gasteiger partial charge is 0.277 e. The summed E-state index contributed by atoms with van der Waals surface area (Å²) in [5, 5.41) is 29.8. The largest absolute Gasteiger partial charge is 0.419 e. The van der Waals surface area contributed by atoms with Crippen molar-refractivity contribution in [1.82, 2.24) is 15.1 Å². The molecule has 0 saturated carbocycles. The topological polar surface area (TPSA) is 146 Å². The zero-order valence-corrected chi connectivity index (χ0v) is 15.4. The molecule has 2 aromatic carbocycles. The second-order valence-corrected chi connectivity index (χ2v) is 6.28. The van der Waals surface area contributed by atoms with E-state index in [-0.39, 0.29) is 23.9 Å².